The molecule has 2 rings (SSSR count). The Morgan fingerprint density at radius 2 is 2.28 bits per heavy atom. The average Bonchev–Trinajstić information content (AvgIpc) is 2.86. The van der Waals surface area contributed by atoms with Crippen molar-refractivity contribution in [3.05, 3.63) is 34.3 Å². The molecule has 0 aliphatic rings. The molecule has 0 bridgehead atoms. The van der Waals surface area contributed by atoms with Crippen molar-refractivity contribution >= 4 is 15.9 Å². The van der Waals surface area contributed by atoms with E-state index in [0.29, 0.717) is 23.3 Å². The molecule has 18 heavy (non-hydrogen) atoms. The first kappa shape index (κ1) is 12.8. The number of phenolic OH excluding ortho intramolecular Hbond substituents is 1. The van der Waals surface area contributed by atoms with Crippen LogP contribution in [0.1, 0.15) is 11.4 Å². The molecule has 1 heterocycles. The summed E-state index contributed by atoms with van der Waals surface area (Å²) in [6.07, 6.45) is 1.47. The molecular weight excluding hydrogens is 300 g/mol. The van der Waals surface area contributed by atoms with Gasteiger partial charge >= 0.3 is 0 Å². The first-order chi connectivity index (χ1) is 8.70. The van der Waals surface area contributed by atoms with Gasteiger partial charge in [0.25, 0.3) is 0 Å². The van der Waals surface area contributed by atoms with Gasteiger partial charge in [-0.25, -0.2) is 4.98 Å². The molecular formula is C11H13BrN4O2. The Hall–Kier alpha value is -1.60. The zero-order chi connectivity index (χ0) is 13.0. The largest absolute Gasteiger partial charge is 0.503 e. The fraction of sp³-hybridized carbons (Fsp3) is 0.273. The van der Waals surface area contributed by atoms with Crippen molar-refractivity contribution in [1.82, 2.24) is 20.5 Å². The first-order valence-corrected chi connectivity index (χ1v) is 6.10. The third kappa shape index (κ3) is 2.99. The number of H-pyrrole nitrogens is 1. The van der Waals surface area contributed by atoms with Crippen LogP contribution in [0.4, 0.5) is 0 Å². The number of halogens is 1. The lowest BCUT2D eigenvalue weighted by molar-refractivity contribution is 0.371. The van der Waals surface area contributed by atoms with E-state index < -0.39 is 0 Å². The Kier molecular flexibility index (Phi) is 4.16. The van der Waals surface area contributed by atoms with Gasteiger partial charge in [0.2, 0.25) is 0 Å². The van der Waals surface area contributed by atoms with Gasteiger partial charge in [-0.1, -0.05) is 0 Å². The molecule has 0 aliphatic heterocycles. The summed E-state index contributed by atoms with van der Waals surface area (Å²) >= 11 is 3.28. The van der Waals surface area contributed by atoms with Crippen molar-refractivity contribution < 1.29 is 9.84 Å². The van der Waals surface area contributed by atoms with Gasteiger partial charge in [-0.2, -0.15) is 5.10 Å². The fourth-order valence-corrected chi connectivity index (χ4v) is 2.02. The van der Waals surface area contributed by atoms with Crippen molar-refractivity contribution in [3.63, 3.8) is 0 Å². The van der Waals surface area contributed by atoms with Gasteiger partial charge < -0.3 is 15.2 Å². The first-order valence-electron chi connectivity index (χ1n) is 5.31. The minimum absolute atomic E-state index is 0.108. The van der Waals surface area contributed by atoms with E-state index in [1.165, 1.54) is 13.4 Å². The van der Waals surface area contributed by atoms with Gasteiger partial charge in [-0.3, -0.25) is 5.10 Å². The van der Waals surface area contributed by atoms with Crippen LogP contribution in [0.5, 0.6) is 11.5 Å². The normalized spacial score (nSPS) is 10.6. The lowest BCUT2D eigenvalue weighted by Gasteiger charge is -2.09. The number of hydrogen-bond acceptors (Lipinski definition) is 5. The summed E-state index contributed by atoms with van der Waals surface area (Å²) in [7, 11) is 1.52. The molecule has 0 radical (unpaired) electrons. The van der Waals surface area contributed by atoms with Gasteiger partial charge in [-0.15, -0.1) is 0 Å². The number of ether oxygens (including phenoxy) is 1. The molecule has 0 fully saturated rings. The average molecular weight is 313 g/mol. The van der Waals surface area contributed by atoms with E-state index in [4.69, 9.17) is 4.74 Å². The standard InChI is InChI=1S/C11H13BrN4O2/c1-18-9-3-7(2-8(12)11(9)17)4-13-5-10-14-6-15-16-10/h2-3,6,13,17H,4-5H2,1H3,(H,14,15,16). The predicted octanol–water partition coefficient (Wildman–Crippen LogP) is 1.57. The van der Waals surface area contributed by atoms with Crippen LogP contribution in [0, 0.1) is 0 Å². The Balaban J connectivity index is 1.99. The van der Waals surface area contributed by atoms with Gasteiger partial charge in [0.1, 0.15) is 12.2 Å². The Labute approximate surface area is 113 Å². The molecule has 0 spiro atoms. The number of aromatic amines is 1. The van der Waals surface area contributed by atoms with Crippen LogP contribution in [0.15, 0.2) is 22.9 Å². The molecule has 96 valence electrons. The molecule has 0 saturated heterocycles. The summed E-state index contributed by atoms with van der Waals surface area (Å²) in [6.45, 7) is 1.23. The molecule has 1 aromatic heterocycles. The minimum Gasteiger partial charge on any atom is -0.503 e. The molecule has 0 amide bonds. The second-order valence-corrected chi connectivity index (χ2v) is 4.52. The lowest BCUT2D eigenvalue weighted by atomic mass is 10.2. The van der Waals surface area contributed by atoms with Gasteiger partial charge in [0, 0.05) is 6.54 Å². The highest BCUT2D eigenvalue weighted by Crippen LogP contribution is 2.35. The van der Waals surface area contributed by atoms with E-state index >= 15 is 0 Å². The number of aromatic nitrogens is 3. The zero-order valence-electron chi connectivity index (χ0n) is 9.77. The molecule has 0 unspecified atom stereocenters. The van der Waals surface area contributed by atoms with Gasteiger partial charge in [-0.05, 0) is 33.6 Å². The van der Waals surface area contributed by atoms with E-state index in [-0.39, 0.29) is 5.75 Å². The van der Waals surface area contributed by atoms with Crippen molar-refractivity contribution in [2.45, 2.75) is 13.1 Å². The number of nitrogens with one attached hydrogen (secondary N) is 2. The maximum Gasteiger partial charge on any atom is 0.172 e. The highest BCUT2D eigenvalue weighted by molar-refractivity contribution is 9.10. The summed E-state index contributed by atoms with van der Waals surface area (Å²) in [6, 6.07) is 3.62. The number of aromatic hydroxyl groups is 1. The van der Waals surface area contributed by atoms with Gasteiger partial charge in [0.05, 0.1) is 18.1 Å². The lowest BCUT2D eigenvalue weighted by Crippen LogP contribution is -2.13. The second-order valence-electron chi connectivity index (χ2n) is 3.66. The van der Waals surface area contributed by atoms with Crippen molar-refractivity contribution in [2.75, 3.05) is 7.11 Å². The topological polar surface area (TPSA) is 83.1 Å². The molecule has 0 aliphatic carbocycles. The van der Waals surface area contributed by atoms with Crippen molar-refractivity contribution in [2.24, 2.45) is 0 Å². The fourth-order valence-electron chi connectivity index (χ4n) is 1.53. The molecule has 0 atom stereocenters. The van der Waals surface area contributed by atoms with Crippen LogP contribution in [0.2, 0.25) is 0 Å². The smallest absolute Gasteiger partial charge is 0.172 e. The SMILES string of the molecule is COc1cc(CNCc2ncn[nH]2)cc(Br)c1O. The summed E-state index contributed by atoms with van der Waals surface area (Å²) in [4.78, 5) is 4.01. The summed E-state index contributed by atoms with van der Waals surface area (Å²) in [5.74, 6) is 1.33. The number of rotatable bonds is 5. The van der Waals surface area contributed by atoms with E-state index in [2.05, 4.69) is 36.4 Å². The van der Waals surface area contributed by atoms with Gasteiger partial charge in [0.15, 0.2) is 11.5 Å². The number of benzene rings is 1. The van der Waals surface area contributed by atoms with Crippen LogP contribution >= 0.6 is 15.9 Å². The molecule has 3 N–H and O–H groups in total. The highest BCUT2D eigenvalue weighted by atomic mass is 79.9. The Morgan fingerprint density at radius 1 is 1.44 bits per heavy atom. The van der Waals surface area contributed by atoms with Crippen molar-refractivity contribution in [3.8, 4) is 11.5 Å². The number of hydrogen-bond donors (Lipinski definition) is 3. The van der Waals surface area contributed by atoms with E-state index in [1.54, 1.807) is 6.07 Å². The van der Waals surface area contributed by atoms with Crippen LogP contribution in [0.3, 0.4) is 0 Å². The predicted molar refractivity (Wildman–Crippen MR) is 69.3 cm³/mol. The second kappa shape index (κ2) is 5.83. The molecule has 0 saturated carbocycles. The monoisotopic (exact) mass is 312 g/mol. The molecule has 7 heteroatoms. The van der Waals surface area contributed by atoms with Crippen LogP contribution in [-0.4, -0.2) is 27.4 Å². The summed E-state index contributed by atoms with van der Waals surface area (Å²) in [5.41, 5.74) is 0.996. The number of nitrogens with zero attached hydrogens (tertiary/aromatic N) is 2. The number of phenols is 1. The molecule has 6 nitrogen and oxygen atoms in total. The minimum atomic E-state index is 0.108. The van der Waals surface area contributed by atoms with Crippen LogP contribution in [-0.2, 0) is 13.1 Å². The molecule has 2 aromatic rings. The Morgan fingerprint density at radius 3 is 2.94 bits per heavy atom. The third-order valence-corrected chi connectivity index (χ3v) is 3.00. The zero-order valence-corrected chi connectivity index (χ0v) is 11.4. The summed E-state index contributed by atoms with van der Waals surface area (Å²) < 4.78 is 5.69. The quantitative estimate of drug-likeness (QED) is 0.780. The molecule has 1 aromatic carbocycles. The van der Waals surface area contributed by atoms with E-state index in [0.717, 1.165) is 11.4 Å². The highest BCUT2D eigenvalue weighted by Gasteiger charge is 2.08. The third-order valence-electron chi connectivity index (χ3n) is 2.39. The van der Waals surface area contributed by atoms with Crippen LogP contribution < -0.4 is 10.1 Å². The maximum absolute atomic E-state index is 9.68. The van der Waals surface area contributed by atoms with E-state index in [1.807, 2.05) is 6.07 Å². The van der Waals surface area contributed by atoms with Crippen LogP contribution in [0.25, 0.3) is 0 Å². The van der Waals surface area contributed by atoms with E-state index in [9.17, 15) is 5.11 Å². The number of methoxy groups -OCH3 is 1. The van der Waals surface area contributed by atoms with Crippen molar-refractivity contribution in [1.29, 1.82) is 0 Å². The summed E-state index contributed by atoms with van der Waals surface area (Å²) in [5, 5.41) is 19.4. The Bertz CT molecular complexity index is 516. The maximum atomic E-state index is 9.68.